The van der Waals surface area contributed by atoms with E-state index in [1.165, 1.54) is 0 Å². The standard InChI is InChI=1S/C22H32FN5O2.HI/c1-17-25-9-12-28(17)21-6-5-18(15-20(21)23)16-26-22(24-2)27-10-7-19(8-11-27)30-14-4-13-29-3;/h5-6,9,12,15,19H,4,7-8,10-11,13-14,16H2,1-3H3,(H,24,26);1H. The van der Waals surface area contributed by atoms with Crippen LogP contribution in [-0.2, 0) is 16.0 Å². The number of ether oxygens (including phenoxy) is 2. The minimum atomic E-state index is -0.267. The second-order valence-electron chi connectivity index (χ2n) is 7.43. The molecule has 1 saturated heterocycles. The van der Waals surface area contributed by atoms with Crippen LogP contribution in [0.25, 0.3) is 5.69 Å². The Morgan fingerprint density at radius 2 is 2.06 bits per heavy atom. The van der Waals surface area contributed by atoms with Crippen molar-refractivity contribution in [2.24, 2.45) is 4.99 Å². The topological polar surface area (TPSA) is 63.9 Å². The van der Waals surface area contributed by atoms with Crippen LogP contribution in [-0.4, -0.2) is 67.0 Å². The maximum atomic E-state index is 14.6. The lowest BCUT2D eigenvalue weighted by Crippen LogP contribution is -2.46. The van der Waals surface area contributed by atoms with E-state index < -0.39 is 0 Å². The van der Waals surface area contributed by atoms with Crippen LogP contribution >= 0.6 is 24.0 Å². The van der Waals surface area contributed by atoms with Crippen molar-refractivity contribution in [1.29, 1.82) is 0 Å². The van der Waals surface area contributed by atoms with E-state index in [0.29, 0.717) is 18.3 Å². The predicted molar refractivity (Wildman–Crippen MR) is 131 cm³/mol. The van der Waals surface area contributed by atoms with E-state index in [0.717, 1.165) is 62.9 Å². The molecule has 2 heterocycles. The average Bonchev–Trinajstić information content (AvgIpc) is 3.18. The van der Waals surface area contributed by atoms with Gasteiger partial charge in [-0.3, -0.25) is 4.99 Å². The van der Waals surface area contributed by atoms with Gasteiger partial charge in [-0.15, -0.1) is 24.0 Å². The highest BCUT2D eigenvalue weighted by Crippen LogP contribution is 2.17. The minimum Gasteiger partial charge on any atom is -0.385 e. The molecule has 1 aliphatic heterocycles. The van der Waals surface area contributed by atoms with E-state index in [9.17, 15) is 4.39 Å². The van der Waals surface area contributed by atoms with Gasteiger partial charge in [-0.2, -0.15) is 0 Å². The first kappa shape index (κ1) is 25.5. The molecule has 0 aliphatic carbocycles. The molecule has 1 aromatic carbocycles. The molecule has 0 radical (unpaired) electrons. The molecule has 0 saturated carbocycles. The van der Waals surface area contributed by atoms with Crippen molar-refractivity contribution in [2.45, 2.75) is 38.8 Å². The maximum Gasteiger partial charge on any atom is 0.193 e. The number of hydrogen-bond donors (Lipinski definition) is 1. The molecule has 7 nitrogen and oxygen atoms in total. The van der Waals surface area contributed by atoms with E-state index in [1.54, 1.807) is 43.3 Å². The summed E-state index contributed by atoms with van der Waals surface area (Å²) in [7, 11) is 3.49. The van der Waals surface area contributed by atoms with Gasteiger partial charge in [0.05, 0.1) is 11.8 Å². The molecule has 0 amide bonds. The Morgan fingerprint density at radius 3 is 2.68 bits per heavy atom. The highest BCUT2D eigenvalue weighted by atomic mass is 127. The van der Waals surface area contributed by atoms with Crippen LogP contribution < -0.4 is 5.32 Å². The van der Waals surface area contributed by atoms with Crippen LogP contribution in [0.5, 0.6) is 0 Å². The Kier molecular flexibility index (Phi) is 10.7. The van der Waals surface area contributed by atoms with Crippen molar-refractivity contribution in [3.05, 3.63) is 47.8 Å². The van der Waals surface area contributed by atoms with Crippen molar-refractivity contribution in [2.75, 3.05) is 40.5 Å². The smallest absolute Gasteiger partial charge is 0.193 e. The van der Waals surface area contributed by atoms with Crippen LogP contribution in [0.4, 0.5) is 4.39 Å². The zero-order chi connectivity index (χ0) is 21.3. The summed E-state index contributed by atoms with van der Waals surface area (Å²) in [5.41, 5.74) is 1.37. The van der Waals surface area contributed by atoms with Gasteiger partial charge in [-0.05, 0) is 43.9 Å². The fourth-order valence-corrected chi connectivity index (χ4v) is 3.69. The number of rotatable bonds is 8. The molecule has 0 spiro atoms. The van der Waals surface area contributed by atoms with E-state index in [4.69, 9.17) is 9.47 Å². The number of methoxy groups -OCH3 is 1. The summed E-state index contributed by atoms with van der Waals surface area (Å²) in [6, 6.07) is 5.28. The Hall–Kier alpha value is -1.72. The monoisotopic (exact) mass is 545 g/mol. The summed E-state index contributed by atoms with van der Waals surface area (Å²) in [5.74, 6) is 1.32. The second-order valence-corrected chi connectivity index (χ2v) is 7.43. The number of halogens is 2. The average molecular weight is 545 g/mol. The number of nitrogens with zero attached hydrogens (tertiary/aromatic N) is 4. The molecule has 2 aromatic rings. The van der Waals surface area contributed by atoms with Gasteiger partial charge in [-0.25, -0.2) is 9.37 Å². The molecule has 0 bridgehead atoms. The summed E-state index contributed by atoms with van der Waals surface area (Å²) >= 11 is 0. The van der Waals surface area contributed by atoms with Gasteiger partial charge < -0.3 is 24.3 Å². The van der Waals surface area contributed by atoms with Crippen LogP contribution in [0, 0.1) is 12.7 Å². The quantitative estimate of drug-likeness (QED) is 0.238. The molecular formula is C22H33FIN5O2. The number of aryl methyl sites for hydroxylation is 1. The number of aliphatic imine (C=N–C) groups is 1. The lowest BCUT2D eigenvalue weighted by Gasteiger charge is -2.34. The van der Waals surface area contributed by atoms with Gasteiger partial charge in [0.1, 0.15) is 11.6 Å². The number of benzene rings is 1. The molecule has 31 heavy (non-hydrogen) atoms. The summed E-state index contributed by atoms with van der Waals surface area (Å²) < 4.78 is 27.3. The minimum absolute atomic E-state index is 0. The first-order chi connectivity index (χ1) is 14.6. The molecule has 1 aliphatic rings. The first-order valence-electron chi connectivity index (χ1n) is 10.5. The SMILES string of the molecule is CN=C(NCc1ccc(-n2ccnc2C)c(F)c1)N1CCC(OCCCOC)CC1.I. The molecule has 172 valence electrons. The molecule has 9 heteroatoms. The molecule has 1 fully saturated rings. The Morgan fingerprint density at radius 1 is 1.29 bits per heavy atom. The van der Waals surface area contributed by atoms with Crippen LogP contribution in [0.3, 0.4) is 0 Å². The van der Waals surface area contributed by atoms with Gasteiger partial charge in [0, 0.05) is 59.4 Å². The maximum absolute atomic E-state index is 14.6. The van der Waals surface area contributed by atoms with Gasteiger partial charge in [0.15, 0.2) is 5.96 Å². The summed E-state index contributed by atoms with van der Waals surface area (Å²) in [5, 5.41) is 3.36. The van der Waals surface area contributed by atoms with Crippen molar-refractivity contribution in [3.8, 4) is 5.69 Å². The molecule has 0 atom stereocenters. The van der Waals surface area contributed by atoms with Crippen LogP contribution in [0.15, 0.2) is 35.6 Å². The summed E-state index contributed by atoms with van der Waals surface area (Å²) in [6.45, 7) is 5.63. The zero-order valence-electron chi connectivity index (χ0n) is 18.5. The summed E-state index contributed by atoms with van der Waals surface area (Å²) in [4.78, 5) is 10.8. The third kappa shape index (κ3) is 7.15. The lowest BCUT2D eigenvalue weighted by molar-refractivity contribution is 0.00989. The lowest BCUT2D eigenvalue weighted by atomic mass is 10.1. The normalized spacial score (nSPS) is 15.1. The van der Waals surface area contributed by atoms with Crippen molar-refractivity contribution >= 4 is 29.9 Å². The third-order valence-electron chi connectivity index (χ3n) is 5.35. The zero-order valence-corrected chi connectivity index (χ0v) is 20.8. The van der Waals surface area contributed by atoms with Gasteiger partial charge in [-0.1, -0.05) is 6.07 Å². The van der Waals surface area contributed by atoms with Gasteiger partial charge in [0.2, 0.25) is 0 Å². The molecule has 3 rings (SSSR count). The van der Waals surface area contributed by atoms with E-state index >= 15 is 0 Å². The van der Waals surface area contributed by atoms with Crippen molar-refractivity contribution in [3.63, 3.8) is 0 Å². The second kappa shape index (κ2) is 13.0. The van der Waals surface area contributed by atoms with Crippen LogP contribution in [0.1, 0.15) is 30.7 Å². The number of likely N-dealkylation sites (tertiary alicyclic amines) is 1. The highest BCUT2D eigenvalue weighted by molar-refractivity contribution is 14.0. The number of imidazole rings is 1. The van der Waals surface area contributed by atoms with E-state index in [-0.39, 0.29) is 29.8 Å². The Balaban J connectivity index is 0.00000341. The molecule has 1 aromatic heterocycles. The number of guanidine groups is 1. The van der Waals surface area contributed by atoms with Crippen molar-refractivity contribution in [1.82, 2.24) is 19.8 Å². The highest BCUT2D eigenvalue weighted by Gasteiger charge is 2.21. The first-order valence-corrected chi connectivity index (χ1v) is 10.5. The number of hydrogen-bond acceptors (Lipinski definition) is 4. The Bertz CT molecular complexity index is 837. The fraction of sp³-hybridized carbons (Fsp3) is 0.545. The number of piperidine rings is 1. The van der Waals surface area contributed by atoms with Crippen molar-refractivity contribution < 1.29 is 13.9 Å². The van der Waals surface area contributed by atoms with Gasteiger partial charge >= 0.3 is 0 Å². The van der Waals surface area contributed by atoms with Gasteiger partial charge in [0.25, 0.3) is 0 Å². The predicted octanol–water partition coefficient (Wildman–Crippen LogP) is 3.53. The third-order valence-corrected chi connectivity index (χ3v) is 5.35. The van der Waals surface area contributed by atoms with Crippen LogP contribution in [0.2, 0.25) is 0 Å². The Labute approximate surface area is 201 Å². The van der Waals surface area contributed by atoms with E-state index in [2.05, 4.69) is 20.2 Å². The molecule has 1 N–H and O–H groups in total. The van der Waals surface area contributed by atoms with E-state index in [1.807, 2.05) is 13.0 Å². The summed E-state index contributed by atoms with van der Waals surface area (Å²) in [6.07, 6.45) is 6.60. The molecular weight excluding hydrogens is 512 g/mol. The fourth-order valence-electron chi connectivity index (χ4n) is 3.69. The number of nitrogens with one attached hydrogen (secondary N) is 1. The molecule has 0 unspecified atom stereocenters. The largest absolute Gasteiger partial charge is 0.385 e. The number of aromatic nitrogens is 2.